The van der Waals surface area contributed by atoms with E-state index in [2.05, 4.69) is 12.2 Å². The first-order valence-corrected chi connectivity index (χ1v) is 7.63. The molecule has 0 radical (unpaired) electrons. The second-order valence-corrected chi connectivity index (χ2v) is 6.01. The summed E-state index contributed by atoms with van der Waals surface area (Å²) in [4.78, 5) is 25.8. The number of piperidine rings is 1. The van der Waals surface area contributed by atoms with E-state index in [9.17, 15) is 9.59 Å². The summed E-state index contributed by atoms with van der Waals surface area (Å²) in [6.45, 7) is 7.35. The average molecular weight is 288 g/mol. The number of likely N-dealkylation sites (tertiary alicyclic amines) is 1. The zero-order valence-corrected chi connectivity index (χ0v) is 13.1. The first-order chi connectivity index (χ1) is 9.97. The number of amides is 1. The maximum atomic E-state index is 12.4. The monoisotopic (exact) mass is 288 g/mol. The van der Waals surface area contributed by atoms with Crippen molar-refractivity contribution in [1.82, 2.24) is 4.90 Å². The average Bonchev–Trinajstić information content (AvgIpc) is 2.47. The normalized spacial score (nSPS) is 17.4. The first-order valence-electron chi connectivity index (χ1n) is 7.63. The molecule has 0 bridgehead atoms. The van der Waals surface area contributed by atoms with Gasteiger partial charge in [0.15, 0.2) is 5.78 Å². The second-order valence-electron chi connectivity index (χ2n) is 6.01. The number of carbonyl (C=O) groups excluding carboxylic acids is 2. The molecule has 4 nitrogen and oxygen atoms in total. The number of nitrogens with one attached hydrogen (secondary N) is 1. The molecule has 0 saturated carbocycles. The summed E-state index contributed by atoms with van der Waals surface area (Å²) in [6.07, 6.45) is 2.16. The number of hydrogen-bond acceptors (Lipinski definition) is 3. The molecule has 0 aromatic heterocycles. The van der Waals surface area contributed by atoms with E-state index in [-0.39, 0.29) is 17.7 Å². The van der Waals surface area contributed by atoms with E-state index in [0.29, 0.717) is 11.5 Å². The molecule has 0 aliphatic carbocycles. The van der Waals surface area contributed by atoms with Gasteiger partial charge < -0.3 is 10.2 Å². The summed E-state index contributed by atoms with van der Waals surface area (Å²) in [5, 5.41) is 3.20. The van der Waals surface area contributed by atoms with Crippen molar-refractivity contribution in [3.8, 4) is 0 Å². The highest BCUT2D eigenvalue weighted by Crippen LogP contribution is 2.18. The van der Waals surface area contributed by atoms with Crippen molar-refractivity contribution in [2.45, 2.75) is 39.7 Å². The molecular weight excluding hydrogens is 264 g/mol. The highest BCUT2D eigenvalue weighted by molar-refractivity contribution is 5.95. The van der Waals surface area contributed by atoms with Crippen molar-refractivity contribution in [2.24, 2.45) is 5.92 Å². The van der Waals surface area contributed by atoms with Gasteiger partial charge in [0.25, 0.3) is 0 Å². The van der Waals surface area contributed by atoms with Gasteiger partial charge in [0.2, 0.25) is 5.91 Å². The van der Waals surface area contributed by atoms with Crippen molar-refractivity contribution in [3.05, 3.63) is 29.8 Å². The van der Waals surface area contributed by atoms with Crippen molar-refractivity contribution in [3.63, 3.8) is 0 Å². The molecule has 1 saturated heterocycles. The summed E-state index contributed by atoms with van der Waals surface area (Å²) in [5.41, 5.74) is 1.47. The van der Waals surface area contributed by atoms with E-state index in [4.69, 9.17) is 0 Å². The van der Waals surface area contributed by atoms with Crippen LogP contribution in [0.5, 0.6) is 0 Å². The predicted molar refractivity (Wildman–Crippen MR) is 84.5 cm³/mol. The number of hydrogen-bond donors (Lipinski definition) is 1. The van der Waals surface area contributed by atoms with Crippen LogP contribution in [0.15, 0.2) is 24.3 Å². The van der Waals surface area contributed by atoms with Crippen molar-refractivity contribution in [1.29, 1.82) is 0 Å². The molecule has 1 atom stereocenters. The van der Waals surface area contributed by atoms with Gasteiger partial charge in [-0.05, 0) is 44.7 Å². The molecule has 1 N–H and O–H groups in total. The van der Waals surface area contributed by atoms with Gasteiger partial charge >= 0.3 is 0 Å². The lowest BCUT2D eigenvalue weighted by Gasteiger charge is -2.32. The minimum atomic E-state index is -0.277. The highest BCUT2D eigenvalue weighted by atomic mass is 16.2. The van der Waals surface area contributed by atoms with Crippen LogP contribution in [0.2, 0.25) is 0 Å². The second kappa shape index (κ2) is 6.74. The molecule has 1 unspecified atom stereocenters. The van der Waals surface area contributed by atoms with E-state index >= 15 is 0 Å². The van der Waals surface area contributed by atoms with Crippen LogP contribution in [-0.4, -0.2) is 35.7 Å². The number of Topliss-reactive ketones (excluding diaryl/α,β-unsaturated/α-hetero) is 1. The zero-order valence-electron chi connectivity index (χ0n) is 13.1. The standard InChI is InChI=1S/C17H24N2O2/c1-12-7-9-19(10-8-12)17(21)13(2)18-16-6-4-5-15(11-16)14(3)20/h4-6,11-13,18H,7-10H2,1-3H3. The summed E-state index contributed by atoms with van der Waals surface area (Å²) in [5.74, 6) is 0.877. The van der Waals surface area contributed by atoms with Gasteiger partial charge in [-0.2, -0.15) is 0 Å². The van der Waals surface area contributed by atoms with Crippen LogP contribution in [0, 0.1) is 5.92 Å². The fraction of sp³-hybridized carbons (Fsp3) is 0.529. The number of benzene rings is 1. The molecule has 1 aromatic carbocycles. The Kier molecular flexibility index (Phi) is 4.99. The number of nitrogens with zero attached hydrogens (tertiary/aromatic N) is 1. The molecule has 1 aliphatic rings. The minimum Gasteiger partial charge on any atom is -0.374 e. The lowest BCUT2D eigenvalue weighted by atomic mass is 9.99. The van der Waals surface area contributed by atoms with Crippen molar-refractivity contribution >= 4 is 17.4 Å². The lowest BCUT2D eigenvalue weighted by Crippen LogP contribution is -2.45. The van der Waals surface area contributed by atoms with Gasteiger partial charge in [0.1, 0.15) is 6.04 Å². The third kappa shape index (κ3) is 4.06. The summed E-state index contributed by atoms with van der Waals surface area (Å²) in [6, 6.07) is 7.02. The van der Waals surface area contributed by atoms with Crippen LogP contribution in [0.25, 0.3) is 0 Å². The molecular formula is C17H24N2O2. The first kappa shape index (κ1) is 15.5. The highest BCUT2D eigenvalue weighted by Gasteiger charge is 2.24. The summed E-state index contributed by atoms with van der Waals surface area (Å²) >= 11 is 0. The summed E-state index contributed by atoms with van der Waals surface area (Å²) in [7, 11) is 0. The fourth-order valence-electron chi connectivity index (χ4n) is 2.64. The zero-order chi connectivity index (χ0) is 15.4. The quantitative estimate of drug-likeness (QED) is 0.867. The maximum absolute atomic E-state index is 12.4. The van der Waals surface area contributed by atoms with Crippen molar-refractivity contribution in [2.75, 3.05) is 18.4 Å². The van der Waals surface area contributed by atoms with E-state index in [1.165, 1.54) is 0 Å². The van der Waals surface area contributed by atoms with Gasteiger partial charge in [0.05, 0.1) is 0 Å². The third-order valence-corrected chi connectivity index (χ3v) is 4.12. The molecule has 1 fully saturated rings. The van der Waals surface area contributed by atoms with Crippen LogP contribution in [-0.2, 0) is 4.79 Å². The largest absolute Gasteiger partial charge is 0.374 e. The molecule has 114 valence electrons. The smallest absolute Gasteiger partial charge is 0.244 e. The molecule has 2 rings (SSSR count). The van der Waals surface area contributed by atoms with Crippen molar-refractivity contribution < 1.29 is 9.59 Å². The number of rotatable bonds is 4. The Morgan fingerprint density at radius 3 is 2.57 bits per heavy atom. The van der Waals surface area contributed by atoms with Gasteiger partial charge in [-0.3, -0.25) is 9.59 Å². The summed E-state index contributed by atoms with van der Waals surface area (Å²) < 4.78 is 0. The van der Waals surface area contributed by atoms with Crippen LogP contribution < -0.4 is 5.32 Å². The van der Waals surface area contributed by atoms with E-state index in [1.807, 2.05) is 24.0 Å². The number of anilines is 1. The van der Waals surface area contributed by atoms with Gasteiger partial charge in [-0.15, -0.1) is 0 Å². The molecule has 4 heteroatoms. The lowest BCUT2D eigenvalue weighted by molar-refractivity contribution is -0.132. The molecule has 0 spiro atoms. The van der Waals surface area contributed by atoms with Crippen LogP contribution in [0.1, 0.15) is 44.0 Å². The Bertz CT molecular complexity index is 519. The van der Waals surface area contributed by atoms with Crippen LogP contribution in [0.4, 0.5) is 5.69 Å². The Morgan fingerprint density at radius 2 is 1.95 bits per heavy atom. The Labute approximate surface area is 126 Å². The van der Waals surface area contributed by atoms with Crippen LogP contribution in [0.3, 0.4) is 0 Å². The molecule has 1 amide bonds. The number of carbonyl (C=O) groups is 2. The molecule has 21 heavy (non-hydrogen) atoms. The Morgan fingerprint density at radius 1 is 1.29 bits per heavy atom. The third-order valence-electron chi connectivity index (χ3n) is 4.12. The molecule has 1 aromatic rings. The Balaban J connectivity index is 1.97. The maximum Gasteiger partial charge on any atom is 0.244 e. The topological polar surface area (TPSA) is 49.4 Å². The van der Waals surface area contributed by atoms with Gasteiger partial charge in [-0.25, -0.2) is 0 Å². The van der Waals surface area contributed by atoms with Crippen LogP contribution >= 0.6 is 0 Å². The minimum absolute atomic E-state index is 0.0302. The predicted octanol–water partition coefficient (Wildman–Crippen LogP) is 2.95. The Hall–Kier alpha value is -1.84. The fourth-order valence-corrected chi connectivity index (χ4v) is 2.64. The molecule has 1 heterocycles. The SMILES string of the molecule is CC(=O)c1cccc(NC(C)C(=O)N2CCC(C)CC2)c1. The van der Waals surface area contributed by atoms with E-state index in [0.717, 1.165) is 31.6 Å². The number of ketones is 1. The van der Waals surface area contributed by atoms with Gasteiger partial charge in [-0.1, -0.05) is 19.1 Å². The molecule has 1 aliphatic heterocycles. The van der Waals surface area contributed by atoms with Gasteiger partial charge in [0, 0.05) is 24.3 Å². The van der Waals surface area contributed by atoms with E-state index in [1.54, 1.807) is 19.1 Å². The van der Waals surface area contributed by atoms with E-state index < -0.39 is 0 Å².